The summed E-state index contributed by atoms with van der Waals surface area (Å²) in [6.45, 7) is 2.14. The van der Waals surface area contributed by atoms with Crippen molar-refractivity contribution < 1.29 is 14.2 Å². The highest BCUT2D eigenvalue weighted by atomic mass is 79.9. The first-order valence-corrected chi connectivity index (χ1v) is 6.93. The van der Waals surface area contributed by atoms with Crippen molar-refractivity contribution in [3.63, 3.8) is 0 Å². The third kappa shape index (κ3) is 3.13. The van der Waals surface area contributed by atoms with Crippen molar-refractivity contribution >= 4 is 15.9 Å². The molecule has 17 heavy (non-hydrogen) atoms. The van der Waals surface area contributed by atoms with Gasteiger partial charge in [-0.1, -0.05) is 22.0 Å². The molecule has 1 aromatic rings. The number of hydrogen-bond acceptors (Lipinski definition) is 3. The summed E-state index contributed by atoms with van der Waals surface area (Å²) in [4.78, 5) is 0. The Hall–Kier alpha value is -0.740. The summed E-state index contributed by atoms with van der Waals surface area (Å²) in [6.07, 6.45) is 1.87. The Morgan fingerprint density at radius 2 is 2.24 bits per heavy atom. The molecule has 0 bridgehead atoms. The Kier molecular flexibility index (Phi) is 4.68. The number of fused-ring (bicyclic) bond motifs is 1. The number of halogens is 1. The normalized spacial score (nSPS) is 13.3. The standard InChI is InChI=1S/C13H17BrO3/c1-15-4-2-5-16-12-8-10(9-14)7-11-3-6-17-13(11)12/h7-8H,2-6,9H2,1H3. The van der Waals surface area contributed by atoms with Gasteiger partial charge in [-0.25, -0.2) is 0 Å². The van der Waals surface area contributed by atoms with Crippen molar-refractivity contribution in [2.75, 3.05) is 26.9 Å². The summed E-state index contributed by atoms with van der Waals surface area (Å²) < 4.78 is 16.4. The molecule has 1 aromatic carbocycles. The van der Waals surface area contributed by atoms with Gasteiger partial charge >= 0.3 is 0 Å². The SMILES string of the molecule is COCCCOc1cc(CBr)cc2c1OCC2. The number of benzene rings is 1. The first kappa shape index (κ1) is 12.7. The molecule has 1 aliphatic heterocycles. The molecule has 0 saturated carbocycles. The van der Waals surface area contributed by atoms with Crippen molar-refractivity contribution in [2.24, 2.45) is 0 Å². The van der Waals surface area contributed by atoms with Crippen molar-refractivity contribution in [1.82, 2.24) is 0 Å². The summed E-state index contributed by atoms with van der Waals surface area (Å²) >= 11 is 3.48. The zero-order chi connectivity index (χ0) is 12.1. The van der Waals surface area contributed by atoms with E-state index in [1.807, 2.05) is 6.07 Å². The first-order valence-electron chi connectivity index (χ1n) is 5.81. The minimum Gasteiger partial charge on any atom is -0.490 e. The zero-order valence-electron chi connectivity index (χ0n) is 10.0. The summed E-state index contributed by atoms with van der Waals surface area (Å²) in [7, 11) is 1.70. The fourth-order valence-corrected chi connectivity index (χ4v) is 2.23. The molecule has 0 spiro atoms. The van der Waals surface area contributed by atoms with E-state index < -0.39 is 0 Å². The van der Waals surface area contributed by atoms with Crippen LogP contribution in [0.4, 0.5) is 0 Å². The van der Waals surface area contributed by atoms with E-state index in [-0.39, 0.29) is 0 Å². The molecule has 2 rings (SSSR count). The van der Waals surface area contributed by atoms with Gasteiger partial charge in [0.2, 0.25) is 0 Å². The maximum absolute atomic E-state index is 5.77. The van der Waals surface area contributed by atoms with Crippen molar-refractivity contribution in [2.45, 2.75) is 18.2 Å². The predicted molar refractivity (Wildman–Crippen MR) is 70.3 cm³/mol. The summed E-state index contributed by atoms with van der Waals surface area (Å²) in [5, 5.41) is 0.842. The largest absolute Gasteiger partial charge is 0.490 e. The van der Waals surface area contributed by atoms with E-state index in [2.05, 4.69) is 22.0 Å². The highest BCUT2D eigenvalue weighted by Crippen LogP contribution is 2.37. The molecule has 1 aliphatic rings. The predicted octanol–water partition coefficient (Wildman–Crippen LogP) is 2.93. The van der Waals surface area contributed by atoms with Crippen LogP contribution in [0.3, 0.4) is 0 Å². The number of ether oxygens (including phenoxy) is 3. The lowest BCUT2D eigenvalue weighted by Gasteiger charge is -2.11. The molecule has 0 fully saturated rings. The van der Waals surface area contributed by atoms with Crippen LogP contribution < -0.4 is 9.47 Å². The quantitative estimate of drug-likeness (QED) is 0.597. The van der Waals surface area contributed by atoms with Gasteiger partial charge in [-0.3, -0.25) is 0 Å². The summed E-state index contributed by atoms with van der Waals surface area (Å²) in [5.74, 6) is 1.79. The Labute approximate surface area is 110 Å². The molecule has 94 valence electrons. The Bertz CT molecular complexity index is 379. The second-order valence-electron chi connectivity index (χ2n) is 4.01. The van der Waals surface area contributed by atoms with Crippen LogP contribution in [0.1, 0.15) is 17.5 Å². The van der Waals surface area contributed by atoms with Crippen LogP contribution in [0.25, 0.3) is 0 Å². The molecule has 3 nitrogen and oxygen atoms in total. The molecule has 0 N–H and O–H groups in total. The lowest BCUT2D eigenvalue weighted by molar-refractivity contribution is 0.170. The fraction of sp³-hybridized carbons (Fsp3) is 0.538. The van der Waals surface area contributed by atoms with Gasteiger partial charge in [-0.15, -0.1) is 0 Å². The second kappa shape index (κ2) is 6.26. The highest BCUT2D eigenvalue weighted by Gasteiger charge is 2.18. The highest BCUT2D eigenvalue weighted by molar-refractivity contribution is 9.08. The van der Waals surface area contributed by atoms with Crippen molar-refractivity contribution in [3.05, 3.63) is 23.3 Å². The van der Waals surface area contributed by atoms with E-state index in [4.69, 9.17) is 14.2 Å². The first-order chi connectivity index (χ1) is 8.35. The minimum absolute atomic E-state index is 0.662. The van der Waals surface area contributed by atoms with Gasteiger partial charge in [0.05, 0.1) is 13.2 Å². The zero-order valence-corrected chi connectivity index (χ0v) is 11.6. The van der Waals surface area contributed by atoms with Crippen LogP contribution >= 0.6 is 15.9 Å². The Morgan fingerprint density at radius 1 is 1.35 bits per heavy atom. The number of rotatable bonds is 6. The van der Waals surface area contributed by atoms with E-state index in [0.29, 0.717) is 6.61 Å². The number of hydrogen-bond donors (Lipinski definition) is 0. The third-order valence-corrected chi connectivity index (χ3v) is 3.36. The lowest BCUT2D eigenvalue weighted by atomic mass is 10.1. The van der Waals surface area contributed by atoms with Gasteiger partial charge in [-0.2, -0.15) is 0 Å². The Morgan fingerprint density at radius 3 is 3.00 bits per heavy atom. The van der Waals surface area contributed by atoms with Crippen LogP contribution in [0, 0.1) is 0 Å². The number of methoxy groups -OCH3 is 1. The fourth-order valence-electron chi connectivity index (χ4n) is 1.91. The van der Waals surface area contributed by atoms with Crippen molar-refractivity contribution in [3.8, 4) is 11.5 Å². The molecule has 4 heteroatoms. The number of alkyl halides is 1. The topological polar surface area (TPSA) is 27.7 Å². The molecule has 0 saturated heterocycles. The molecule has 1 heterocycles. The summed E-state index contributed by atoms with van der Waals surface area (Å²) in [5.41, 5.74) is 2.49. The van der Waals surface area contributed by atoms with Gasteiger partial charge < -0.3 is 14.2 Å². The van der Waals surface area contributed by atoms with Crippen LogP contribution in [-0.4, -0.2) is 26.9 Å². The van der Waals surface area contributed by atoms with Crippen LogP contribution in [0.2, 0.25) is 0 Å². The van der Waals surface area contributed by atoms with Crippen LogP contribution in [0.5, 0.6) is 11.5 Å². The van der Waals surface area contributed by atoms with E-state index in [9.17, 15) is 0 Å². The van der Waals surface area contributed by atoms with E-state index in [1.165, 1.54) is 11.1 Å². The molecular formula is C13H17BrO3. The van der Waals surface area contributed by atoms with Crippen molar-refractivity contribution in [1.29, 1.82) is 0 Å². The van der Waals surface area contributed by atoms with Gasteiger partial charge in [0, 0.05) is 37.5 Å². The van der Waals surface area contributed by atoms with E-state index in [1.54, 1.807) is 7.11 Å². The molecule has 0 radical (unpaired) electrons. The van der Waals surface area contributed by atoms with Crippen LogP contribution in [-0.2, 0) is 16.5 Å². The monoisotopic (exact) mass is 300 g/mol. The minimum atomic E-state index is 0.662. The second-order valence-corrected chi connectivity index (χ2v) is 4.57. The Balaban J connectivity index is 2.07. The molecule has 0 amide bonds. The molecule has 0 aliphatic carbocycles. The van der Waals surface area contributed by atoms with Gasteiger partial charge in [0.1, 0.15) is 0 Å². The molecular weight excluding hydrogens is 284 g/mol. The van der Waals surface area contributed by atoms with Gasteiger partial charge in [0.25, 0.3) is 0 Å². The maximum atomic E-state index is 5.77. The van der Waals surface area contributed by atoms with Gasteiger partial charge in [-0.05, 0) is 11.6 Å². The summed E-state index contributed by atoms with van der Waals surface area (Å²) in [6, 6.07) is 4.23. The third-order valence-electron chi connectivity index (χ3n) is 2.71. The molecule has 0 aromatic heterocycles. The maximum Gasteiger partial charge on any atom is 0.164 e. The van der Waals surface area contributed by atoms with Gasteiger partial charge in [0.15, 0.2) is 11.5 Å². The average molecular weight is 301 g/mol. The molecule has 0 unspecified atom stereocenters. The van der Waals surface area contributed by atoms with Crippen LogP contribution in [0.15, 0.2) is 12.1 Å². The molecule has 0 atom stereocenters. The smallest absolute Gasteiger partial charge is 0.164 e. The lowest BCUT2D eigenvalue weighted by Crippen LogP contribution is -2.02. The van der Waals surface area contributed by atoms with E-state index in [0.717, 1.165) is 42.9 Å². The van der Waals surface area contributed by atoms with E-state index >= 15 is 0 Å². The average Bonchev–Trinajstić information content (AvgIpc) is 2.82.